The van der Waals surface area contributed by atoms with Crippen LogP contribution in [0.25, 0.3) is 10.9 Å². The number of rotatable bonds is 6. The first-order valence-corrected chi connectivity index (χ1v) is 8.74. The van der Waals surface area contributed by atoms with Gasteiger partial charge in [0.15, 0.2) is 6.61 Å². The molecule has 0 atom stereocenters. The molecule has 26 heavy (non-hydrogen) atoms. The number of benzene rings is 2. The molecule has 3 aromatic rings. The van der Waals surface area contributed by atoms with Crippen LogP contribution < -0.4 is 5.32 Å². The highest BCUT2D eigenvalue weighted by atomic mass is 35.5. The molecule has 0 spiro atoms. The molecular formula is C19H16Cl2N2O3. The minimum Gasteiger partial charge on any atom is -0.451 e. The summed E-state index contributed by atoms with van der Waals surface area (Å²) >= 11 is 11.9. The Morgan fingerprint density at radius 1 is 1.08 bits per heavy atom. The highest BCUT2D eigenvalue weighted by Gasteiger charge is 2.13. The smallest absolute Gasteiger partial charge is 0.355 e. The summed E-state index contributed by atoms with van der Waals surface area (Å²) < 4.78 is 5.04. The Bertz CT molecular complexity index is 920. The largest absolute Gasteiger partial charge is 0.451 e. The van der Waals surface area contributed by atoms with Crippen molar-refractivity contribution < 1.29 is 14.3 Å². The second-order valence-electron chi connectivity index (χ2n) is 5.68. The normalized spacial score (nSPS) is 10.7. The van der Waals surface area contributed by atoms with E-state index in [1.807, 2.05) is 30.3 Å². The van der Waals surface area contributed by atoms with Gasteiger partial charge in [0.1, 0.15) is 5.69 Å². The number of ether oxygens (including phenoxy) is 1. The van der Waals surface area contributed by atoms with Gasteiger partial charge in [-0.3, -0.25) is 4.79 Å². The van der Waals surface area contributed by atoms with Crippen LogP contribution in [0.15, 0.2) is 48.5 Å². The molecule has 1 heterocycles. The van der Waals surface area contributed by atoms with Crippen LogP contribution in [0.2, 0.25) is 10.0 Å². The first-order chi connectivity index (χ1) is 12.5. The number of aromatic nitrogens is 1. The third-order valence-corrected chi connectivity index (χ3v) is 4.40. The minimum absolute atomic E-state index is 0.312. The molecule has 2 N–H and O–H groups in total. The van der Waals surface area contributed by atoms with E-state index in [4.69, 9.17) is 27.9 Å². The Labute approximate surface area is 160 Å². The van der Waals surface area contributed by atoms with Gasteiger partial charge in [0, 0.05) is 27.5 Å². The quantitative estimate of drug-likeness (QED) is 0.625. The van der Waals surface area contributed by atoms with Gasteiger partial charge in [-0.25, -0.2) is 4.79 Å². The average Bonchev–Trinajstić information content (AvgIpc) is 3.06. The molecule has 0 aliphatic rings. The maximum atomic E-state index is 12.0. The van der Waals surface area contributed by atoms with Crippen LogP contribution in [0.5, 0.6) is 0 Å². The number of hydrogen-bond acceptors (Lipinski definition) is 3. The van der Waals surface area contributed by atoms with E-state index in [1.165, 1.54) is 0 Å². The minimum atomic E-state index is -0.572. The lowest BCUT2D eigenvalue weighted by Gasteiger charge is -2.07. The van der Waals surface area contributed by atoms with Crippen molar-refractivity contribution in [2.75, 3.05) is 13.2 Å². The molecule has 0 saturated carbocycles. The topological polar surface area (TPSA) is 71.2 Å². The van der Waals surface area contributed by atoms with Crippen molar-refractivity contribution in [3.8, 4) is 0 Å². The molecule has 0 saturated heterocycles. The molecule has 0 aliphatic carbocycles. The van der Waals surface area contributed by atoms with Crippen LogP contribution in [0.3, 0.4) is 0 Å². The van der Waals surface area contributed by atoms with Gasteiger partial charge in [0.05, 0.1) is 0 Å². The number of carbonyl (C=O) groups is 2. The van der Waals surface area contributed by atoms with Crippen molar-refractivity contribution in [3.05, 3.63) is 69.8 Å². The molecule has 0 fully saturated rings. The lowest BCUT2D eigenvalue weighted by Crippen LogP contribution is -2.30. The van der Waals surface area contributed by atoms with E-state index < -0.39 is 5.97 Å². The van der Waals surface area contributed by atoms with Gasteiger partial charge >= 0.3 is 5.97 Å². The highest BCUT2D eigenvalue weighted by molar-refractivity contribution is 6.35. The summed E-state index contributed by atoms with van der Waals surface area (Å²) in [4.78, 5) is 26.8. The van der Waals surface area contributed by atoms with Crippen LogP contribution in [0.4, 0.5) is 0 Å². The third kappa shape index (κ3) is 4.56. The second-order valence-corrected chi connectivity index (χ2v) is 6.53. The third-order valence-electron chi connectivity index (χ3n) is 3.82. The van der Waals surface area contributed by atoms with E-state index in [0.29, 0.717) is 28.7 Å². The fourth-order valence-electron chi connectivity index (χ4n) is 2.50. The van der Waals surface area contributed by atoms with Gasteiger partial charge in [0.2, 0.25) is 0 Å². The van der Waals surface area contributed by atoms with Crippen LogP contribution in [-0.2, 0) is 16.0 Å². The summed E-state index contributed by atoms with van der Waals surface area (Å²) in [5, 5.41) is 4.71. The number of esters is 1. The van der Waals surface area contributed by atoms with Gasteiger partial charge in [-0.05, 0) is 36.2 Å². The number of amides is 1. The Balaban J connectivity index is 1.45. The number of carbonyl (C=O) groups excluding carboxylic acids is 2. The van der Waals surface area contributed by atoms with E-state index in [9.17, 15) is 9.59 Å². The molecule has 0 radical (unpaired) electrons. The highest BCUT2D eigenvalue weighted by Crippen LogP contribution is 2.21. The fourth-order valence-corrected chi connectivity index (χ4v) is 3.01. The monoisotopic (exact) mass is 390 g/mol. The van der Waals surface area contributed by atoms with Crippen LogP contribution in [0, 0.1) is 0 Å². The van der Waals surface area contributed by atoms with Gasteiger partial charge in [-0.1, -0.05) is 47.5 Å². The fraction of sp³-hybridized carbons (Fsp3) is 0.158. The molecule has 0 bridgehead atoms. The average molecular weight is 391 g/mol. The zero-order valence-electron chi connectivity index (χ0n) is 13.7. The van der Waals surface area contributed by atoms with Crippen molar-refractivity contribution >= 4 is 46.0 Å². The van der Waals surface area contributed by atoms with Crippen LogP contribution in [0.1, 0.15) is 16.1 Å². The number of fused-ring (bicyclic) bond motifs is 1. The van der Waals surface area contributed by atoms with E-state index in [2.05, 4.69) is 10.3 Å². The van der Waals surface area contributed by atoms with Crippen molar-refractivity contribution in [1.82, 2.24) is 10.3 Å². The molecule has 2 aromatic carbocycles. The van der Waals surface area contributed by atoms with Crippen molar-refractivity contribution in [2.45, 2.75) is 6.42 Å². The molecule has 0 aliphatic heterocycles. The van der Waals surface area contributed by atoms with Crippen molar-refractivity contribution in [2.24, 2.45) is 0 Å². The zero-order chi connectivity index (χ0) is 18.5. The van der Waals surface area contributed by atoms with Gasteiger partial charge in [0.25, 0.3) is 5.91 Å². The summed E-state index contributed by atoms with van der Waals surface area (Å²) in [5.74, 6) is -0.948. The van der Waals surface area contributed by atoms with Gasteiger partial charge < -0.3 is 15.0 Å². The Morgan fingerprint density at radius 3 is 2.65 bits per heavy atom. The number of aromatic amines is 1. The lowest BCUT2D eigenvalue weighted by molar-refractivity contribution is -0.124. The predicted molar refractivity (Wildman–Crippen MR) is 102 cm³/mol. The number of para-hydroxylation sites is 1. The predicted octanol–water partition coefficient (Wildman–Crippen LogP) is 3.99. The first-order valence-electron chi connectivity index (χ1n) is 7.98. The molecule has 5 nitrogen and oxygen atoms in total. The van der Waals surface area contributed by atoms with Crippen LogP contribution in [-0.4, -0.2) is 30.0 Å². The standard InChI is InChI=1S/C19H16Cl2N2O3/c20-14-6-5-12(15(21)10-14)7-8-22-18(24)11-26-19(25)17-9-13-3-1-2-4-16(13)23-17/h1-6,9-10,23H,7-8,11H2,(H,22,24). The summed E-state index contributed by atoms with van der Waals surface area (Å²) in [6.07, 6.45) is 0.553. The molecule has 0 unspecified atom stereocenters. The number of hydrogen-bond donors (Lipinski definition) is 2. The summed E-state index contributed by atoms with van der Waals surface area (Å²) in [5.41, 5.74) is 2.03. The molecule has 7 heteroatoms. The van der Waals surface area contributed by atoms with E-state index in [-0.39, 0.29) is 12.5 Å². The molecule has 1 amide bonds. The lowest BCUT2D eigenvalue weighted by atomic mass is 10.1. The van der Waals surface area contributed by atoms with Crippen molar-refractivity contribution in [1.29, 1.82) is 0 Å². The summed E-state index contributed by atoms with van der Waals surface area (Å²) in [6.45, 7) is 0.0344. The maximum absolute atomic E-state index is 12.0. The molecule has 1 aromatic heterocycles. The second kappa shape index (κ2) is 8.25. The Hall–Kier alpha value is -2.50. The van der Waals surface area contributed by atoms with E-state index >= 15 is 0 Å². The van der Waals surface area contributed by atoms with E-state index in [1.54, 1.807) is 18.2 Å². The van der Waals surface area contributed by atoms with Gasteiger partial charge in [-0.2, -0.15) is 0 Å². The first kappa shape index (κ1) is 18.3. The summed E-state index contributed by atoms with van der Waals surface area (Å²) in [6, 6.07) is 14.4. The molecule has 134 valence electrons. The number of halogens is 2. The molecular weight excluding hydrogens is 375 g/mol. The molecule has 3 rings (SSSR count). The van der Waals surface area contributed by atoms with Gasteiger partial charge in [-0.15, -0.1) is 0 Å². The van der Waals surface area contributed by atoms with E-state index in [0.717, 1.165) is 16.5 Å². The number of nitrogens with one attached hydrogen (secondary N) is 2. The summed E-state index contributed by atoms with van der Waals surface area (Å²) in [7, 11) is 0. The number of H-pyrrole nitrogens is 1. The van der Waals surface area contributed by atoms with Crippen LogP contribution >= 0.6 is 23.2 Å². The van der Waals surface area contributed by atoms with Crippen molar-refractivity contribution in [3.63, 3.8) is 0 Å². The maximum Gasteiger partial charge on any atom is 0.355 e. The Morgan fingerprint density at radius 2 is 1.88 bits per heavy atom. The zero-order valence-corrected chi connectivity index (χ0v) is 15.2. The SMILES string of the molecule is O=C(COC(=O)c1cc2ccccc2[nH]1)NCCc1ccc(Cl)cc1Cl. The Kier molecular flexibility index (Phi) is 5.81.